The summed E-state index contributed by atoms with van der Waals surface area (Å²) >= 11 is 0. The summed E-state index contributed by atoms with van der Waals surface area (Å²) in [6, 6.07) is 21.2. The van der Waals surface area contributed by atoms with E-state index in [0.717, 1.165) is 16.3 Å². The SMILES string of the molecule is O=C1c2cccc3cccc(c23)C(=O)N1CC(c1ccccc1)C1CO1. The van der Waals surface area contributed by atoms with Crippen molar-refractivity contribution in [2.75, 3.05) is 13.2 Å². The van der Waals surface area contributed by atoms with Gasteiger partial charge in [-0.1, -0.05) is 54.6 Å². The van der Waals surface area contributed by atoms with E-state index >= 15 is 0 Å². The highest BCUT2D eigenvalue weighted by molar-refractivity contribution is 6.25. The van der Waals surface area contributed by atoms with Gasteiger partial charge in [-0.2, -0.15) is 0 Å². The van der Waals surface area contributed by atoms with Crippen LogP contribution in [0.5, 0.6) is 0 Å². The molecule has 4 heteroatoms. The molecule has 2 atom stereocenters. The first-order chi connectivity index (χ1) is 12.7. The van der Waals surface area contributed by atoms with Crippen molar-refractivity contribution in [3.63, 3.8) is 0 Å². The minimum Gasteiger partial charge on any atom is -0.372 e. The number of rotatable bonds is 4. The zero-order valence-electron chi connectivity index (χ0n) is 14.1. The van der Waals surface area contributed by atoms with E-state index < -0.39 is 0 Å². The lowest BCUT2D eigenvalue weighted by atomic mass is 9.91. The Bertz CT molecular complexity index is 973. The number of amides is 2. The molecule has 0 aliphatic carbocycles. The molecular formula is C22H17NO3. The molecule has 128 valence electrons. The molecule has 2 unspecified atom stereocenters. The predicted molar refractivity (Wildman–Crippen MR) is 98.2 cm³/mol. The minimum absolute atomic E-state index is 0.00596. The monoisotopic (exact) mass is 343 g/mol. The molecule has 5 rings (SSSR count). The molecule has 0 aromatic heterocycles. The number of epoxide rings is 1. The quantitative estimate of drug-likeness (QED) is 0.537. The van der Waals surface area contributed by atoms with Gasteiger partial charge in [-0.15, -0.1) is 0 Å². The van der Waals surface area contributed by atoms with Gasteiger partial charge in [0.15, 0.2) is 0 Å². The van der Waals surface area contributed by atoms with Gasteiger partial charge in [0.25, 0.3) is 11.8 Å². The maximum atomic E-state index is 13.1. The molecule has 0 bridgehead atoms. The second-order valence-electron chi connectivity index (χ2n) is 6.82. The fourth-order valence-electron chi connectivity index (χ4n) is 3.87. The lowest BCUT2D eigenvalue weighted by molar-refractivity contribution is 0.0595. The Morgan fingerprint density at radius 1 is 0.885 bits per heavy atom. The number of carbonyl (C=O) groups excluding carboxylic acids is 2. The Morgan fingerprint density at radius 3 is 2.08 bits per heavy atom. The van der Waals surface area contributed by atoms with Gasteiger partial charge in [-0.05, 0) is 23.1 Å². The highest BCUT2D eigenvalue weighted by Gasteiger charge is 2.40. The first-order valence-electron chi connectivity index (χ1n) is 8.78. The van der Waals surface area contributed by atoms with Crippen LogP contribution in [-0.2, 0) is 4.74 Å². The Kier molecular flexibility index (Phi) is 3.40. The summed E-state index contributed by atoms with van der Waals surface area (Å²) in [5.41, 5.74) is 2.29. The predicted octanol–water partition coefficient (Wildman–Crippen LogP) is 3.62. The molecule has 2 heterocycles. The van der Waals surface area contributed by atoms with Crippen LogP contribution in [0, 0.1) is 0 Å². The van der Waals surface area contributed by atoms with E-state index in [1.165, 1.54) is 4.90 Å². The Balaban J connectivity index is 1.56. The fourth-order valence-corrected chi connectivity index (χ4v) is 3.87. The van der Waals surface area contributed by atoms with E-state index in [2.05, 4.69) is 0 Å². The van der Waals surface area contributed by atoms with Crippen LogP contribution in [0.15, 0.2) is 66.7 Å². The number of hydrogen-bond acceptors (Lipinski definition) is 3. The minimum atomic E-state index is -0.221. The third-order valence-corrected chi connectivity index (χ3v) is 5.27. The van der Waals surface area contributed by atoms with Gasteiger partial charge in [-0.25, -0.2) is 0 Å². The lowest BCUT2D eigenvalue weighted by Gasteiger charge is -2.30. The van der Waals surface area contributed by atoms with Crippen LogP contribution < -0.4 is 0 Å². The molecule has 0 N–H and O–H groups in total. The number of carbonyl (C=O) groups is 2. The van der Waals surface area contributed by atoms with Crippen LogP contribution in [0.4, 0.5) is 0 Å². The summed E-state index contributed by atoms with van der Waals surface area (Å²) in [5.74, 6) is -0.449. The van der Waals surface area contributed by atoms with E-state index in [-0.39, 0.29) is 23.8 Å². The highest BCUT2D eigenvalue weighted by Crippen LogP contribution is 2.35. The van der Waals surface area contributed by atoms with Crippen LogP contribution in [0.1, 0.15) is 32.2 Å². The molecule has 26 heavy (non-hydrogen) atoms. The van der Waals surface area contributed by atoms with Crippen LogP contribution in [0.25, 0.3) is 10.8 Å². The maximum absolute atomic E-state index is 13.1. The van der Waals surface area contributed by atoms with Gasteiger partial charge in [0.2, 0.25) is 0 Å². The third kappa shape index (κ3) is 2.34. The van der Waals surface area contributed by atoms with Gasteiger partial charge in [-0.3, -0.25) is 14.5 Å². The zero-order chi connectivity index (χ0) is 17.7. The second kappa shape index (κ2) is 5.78. The van der Waals surface area contributed by atoms with Crippen LogP contribution in [0.3, 0.4) is 0 Å². The molecule has 3 aromatic carbocycles. The number of nitrogens with zero attached hydrogens (tertiary/aromatic N) is 1. The lowest BCUT2D eigenvalue weighted by Crippen LogP contribution is -2.43. The topological polar surface area (TPSA) is 49.9 Å². The fraction of sp³-hybridized carbons (Fsp3) is 0.182. The summed E-state index contributed by atoms with van der Waals surface area (Å²) in [5, 5.41) is 1.69. The first-order valence-corrected chi connectivity index (χ1v) is 8.78. The molecule has 1 fully saturated rings. The van der Waals surface area contributed by atoms with E-state index in [1.54, 1.807) is 12.1 Å². The molecule has 0 radical (unpaired) electrons. The van der Waals surface area contributed by atoms with Crippen molar-refractivity contribution in [2.24, 2.45) is 0 Å². The number of imide groups is 1. The molecule has 2 aliphatic rings. The third-order valence-electron chi connectivity index (χ3n) is 5.27. The molecule has 2 aliphatic heterocycles. The Morgan fingerprint density at radius 2 is 1.50 bits per heavy atom. The summed E-state index contributed by atoms with van der Waals surface area (Å²) < 4.78 is 5.51. The first kappa shape index (κ1) is 15.3. The van der Waals surface area contributed by atoms with Gasteiger partial charge >= 0.3 is 0 Å². The smallest absolute Gasteiger partial charge is 0.261 e. The zero-order valence-corrected chi connectivity index (χ0v) is 14.1. The molecule has 4 nitrogen and oxygen atoms in total. The number of ether oxygens (including phenoxy) is 1. The van der Waals surface area contributed by atoms with Crippen LogP contribution in [-0.4, -0.2) is 36.0 Å². The molecule has 2 amide bonds. The van der Waals surface area contributed by atoms with Crippen molar-refractivity contribution >= 4 is 22.6 Å². The molecule has 3 aromatic rings. The van der Waals surface area contributed by atoms with E-state index in [9.17, 15) is 9.59 Å². The Hall–Kier alpha value is -2.98. The van der Waals surface area contributed by atoms with Crippen LogP contribution >= 0.6 is 0 Å². The van der Waals surface area contributed by atoms with Gasteiger partial charge in [0.1, 0.15) is 0 Å². The van der Waals surface area contributed by atoms with Gasteiger partial charge < -0.3 is 4.74 Å². The molecular weight excluding hydrogens is 326 g/mol. The normalized spacial score (nSPS) is 19.7. The molecule has 0 saturated carbocycles. The van der Waals surface area contributed by atoms with E-state index in [0.29, 0.717) is 24.3 Å². The summed E-state index contributed by atoms with van der Waals surface area (Å²) in [4.78, 5) is 27.6. The van der Waals surface area contributed by atoms with Crippen molar-refractivity contribution in [1.29, 1.82) is 0 Å². The van der Waals surface area contributed by atoms with Crippen molar-refractivity contribution in [1.82, 2.24) is 4.90 Å². The number of benzene rings is 3. The highest BCUT2D eigenvalue weighted by atomic mass is 16.6. The van der Waals surface area contributed by atoms with Crippen molar-refractivity contribution in [2.45, 2.75) is 12.0 Å². The number of hydrogen-bond donors (Lipinski definition) is 0. The largest absolute Gasteiger partial charge is 0.372 e. The van der Waals surface area contributed by atoms with Crippen molar-refractivity contribution < 1.29 is 14.3 Å². The van der Waals surface area contributed by atoms with Crippen LogP contribution in [0.2, 0.25) is 0 Å². The average molecular weight is 343 g/mol. The van der Waals surface area contributed by atoms with Crippen molar-refractivity contribution in [3.8, 4) is 0 Å². The van der Waals surface area contributed by atoms with Gasteiger partial charge in [0, 0.05) is 29.0 Å². The van der Waals surface area contributed by atoms with E-state index in [4.69, 9.17) is 4.74 Å². The molecule has 0 spiro atoms. The van der Waals surface area contributed by atoms with Crippen molar-refractivity contribution in [3.05, 3.63) is 83.4 Å². The Labute approximate surface area is 151 Å². The standard InChI is InChI=1S/C22H17NO3/c24-21-16-10-4-8-15-9-5-11-17(20(15)16)22(25)23(21)12-18(19-13-26-19)14-6-2-1-3-7-14/h1-11,18-19H,12-13H2. The molecule has 1 saturated heterocycles. The summed E-state index contributed by atoms with van der Waals surface area (Å²) in [6.07, 6.45) is 0.0611. The van der Waals surface area contributed by atoms with Gasteiger partial charge in [0.05, 0.1) is 12.7 Å². The summed E-state index contributed by atoms with van der Waals surface area (Å²) in [7, 11) is 0. The average Bonchev–Trinajstić information content (AvgIpc) is 3.52. The second-order valence-corrected chi connectivity index (χ2v) is 6.82. The maximum Gasteiger partial charge on any atom is 0.261 e. The van der Waals surface area contributed by atoms with E-state index in [1.807, 2.05) is 54.6 Å². The summed E-state index contributed by atoms with van der Waals surface area (Å²) in [6.45, 7) is 0.999.